The van der Waals surface area contributed by atoms with Gasteiger partial charge in [-0.3, -0.25) is 4.79 Å². The molecule has 0 spiro atoms. The zero-order valence-corrected chi connectivity index (χ0v) is 25.1. The van der Waals surface area contributed by atoms with Crippen LogP contribution in [-0.4, -0.2) is 43.1 Å². The summed E-state index contributed by atoms with van der Waals surface area (Å²) in [5.74, 6) is 2.32. The van der Waals surface area contributed by atoms with Crippen molar-refractivity contribution in [2.45, 2.75) is 76.0 Å². The van der Waals surface area contributed by atoms with Crippen molar-refractivity contribution in [3.63, 3.8) is 0 Å². The number of carbonyl (C=O) groups is 1. The number of ether oxygens (including phenoxy) is 1. The molecule has 3 nitrogen and oxygen atoms in total. The SMILES string of the molecule is CCSC(SCC)[C@@]1(CO[Si](c2ccccc2)(c2ccccc2)C(C)(C)C)CCC[C@H]2OC(=O)C[C@H]21. The molecule has 1 aliphatic carbocycles. The van der Waals surface area contributed by atoms with Crippen LogP contribution in [0.4, 0.5) is 0 Å². The highest BCUT2D eigenvalue weighted by Gasteiger charge is 2.58. The lowest BCUT2D eigenvalue weighted by Gasteiger charge is -2.51. The first-order chi connectivity index (χ1) is 17.3. The van der Waals surface area contributed by atoms with Crippen LogP contribution in [-0.2, 0) is 14.0 Å². The second-order valence-corrected chi connectivity index (χ2v) is 18.5. The molecule has 196 valence electrons. The number of esters is 1. The maximum Gasteiger partial charge on any atom is 0.306 e. The second kappa shape index (κ2) is 11.7. The molecule has 0 unspecified atom stereocenters. The summed E-state index contributed by atoms with van der Waals surface area (Å²) >= 11 is 4.08. The second-order valence-electron chi connectivity index (χ2n) is 11.2. The van der Waals surface area contributed by atoms with Crippen LogP contribution in [0.3, 0.4) is 0 Å². The van der Waals surface area contributed by atoms with Crippen molar-refractivity contribution < 1.29 is 14.0 Å². The zero-order valence-electron chi connectivity index (χ0n) is 22.5. The van der Waals surface area contributed by atoms with Crippen LogP contribution < -0.4 is 10.4 Å². The number of carbonyl (C=O) groups excluding carboxylic acids is 1. The van der Waals surface area contributed by atoms with Crippen LogP contribution in [0.25, 0.3) is 0 Å². The number of hydrogen-bond acceptors (Lipinski definition) is 5. The Balaban J connectivity index is 1.84. The van der Waals surface area contributed by atoms with E-state index in [1.807, 2.05) is 23.5 Å². The molecule has 1 aliphatic heterocycles. The molecule has 1 heterocycles. The molecular weight excluding hydrogens is 501 g/mol. The van der Waals surface area contributed by atoms with Crippen LogP contribution in [0.2, 0.25) is 5.04 Å². The third kappa shape index (κ3) is 5.20. The fourth-order valence-corrected chi connectivity index (χ4v) is 14.3. The molecule has 0 bridgehead atoms. The number of hydrogen-bond donors (Lipinski definition) is 0. The summed E-state index contributed by atoms with van der Waals surface area (Å²) in [5, 5.41) is 2.55. The molecule has 2 aromatic carbocycles. The highest BCUT2D eigenvalue weighted by Crippen LogP contribution is 2.56. The first kappa shape index (κ1) is 27.8. The van der Waals surface area contributed by atoms with E-state index in [0.29, 0.717) is 17.6 Å². The van der Waals surface area contributed by atoms with Gasteiger partial charge in [0.1, 0.15) is 6.10 Å². The maximum atomic E-state index is 12.6. The van der Waals surface area contributed by atoms with Crippen LogP contribution in [0.15, 0.2) is 60.7 Å². The third-order valence-corrected chi connectivity index (χ3v) is 16.1. The van der Waals surface area contributed by atoms with Gasteiger partial charge >= 0.3 is 5.97 Å². The van der Waals surface area contributed by atoms with Gasteiger partial charge in [0, 0.05) is 17.9 Å². The van der Waals surface area contributed by atoms with Gasteiger partial charge in [-0.1, -0.05) is 95.3 Å². The Morgan fingerprint density at radius 1 is 1.00 bits per heavy atom. The van der Waals surface area contributed by atoms with Crippen LogP contribution in [0.1, 0.15) is 60.3 Å². The van der Waals surface area contributed by atoms with E-state index in [9.17, 15) is 4.79 Å². The quantitative estimate of drug-likeness (QED) is 0.195. The van der Waals surface area contributed by atoms with Gasteiger partial charge in [-0.25, -0.2) is 0 Å². The highest BCUT2D eigenvalue weighted by atomic mass is 32.2. The number of thioether (sulfide) groups is 2. The number of rotatable bonds is 10. The lowest BCUT2D eigenvalue weighted by molar-refractivity contribution is -0.142. The summed E-state index contributed by atoms with van der Waals surface area (Å²) in [4.78, 5) is 12.6. The standard InChI is InChI=1S/C30H42O3S2Si/c1-6-34-28(35-7-2)30(20-14-19-26-25(30)21-27(31)33-26)22-32-36(29(3,4)5,23-15-10-8-11-16-23)24-17-12-9-13-18-24/h8-13,15-18,25-26,28H,6-7,14,19-22H2,1-5H3/t25-,26-,30-/m1/s1. The summed E-state index contributed by atoms with van der Waals surface area (Å²) < 4.78 is 13.8. The van der Waals surface area contributed by atoms with E-state index < -0.39 is 8.32 Å². The average molecular weight is 543 g/mol. The average Bonchev–Trinajstić information content (AvgIpc) is 3.26. The predicted octanol–water partition coefficient (Wildman–Crippen LogP) is 6.50. The minimum atomic E-state index is -2.68. The van der Waals surface area contributed by atoms with E-state index in [1.54, 1.807) is 0 Å². The molecule has 36 heavy (non-hydrogen) atoms. The van der Waals surface area contributed by atoms with Crippen molar-refractivity contribution >= 4 is 48.2 Å². The normalized spacial score (nSPS) is 24.6. The van der Waals surface area contributed by atoms with Crippen molar-refractivity contribution in [2.75, 3.05) is 18.1 Å². The van der Waals surface area contributed by atoms with Gasteiger partial charge in [-0.15, -0.1) is 23.5 Å². The van der Waals surface area contributed by atoms with Crippen molar-refractivity contribution in [3.8, 4) is 0 Å². The Labute approximate surface area is 227 Å². The van der Waals surface area contributed by atoms with Gasteiger partial charge in [0.05, 0.1) is 11.0 Å². The molecule has 4 rings (SSSR count). The first-order valence-electron chi connectivity index (χ1n) is 13.5. The largest absolute Gasteiger partial charge is 0.462 e. The van der Waals surface area contributed by atoms with Crippen molar-refractivity contribution in [3.05, 3.63) is 60.7 Å². The molecule has 0 amide bonds. The fraction of sp³-hybridized carbons (Fsp3) is 0.567. The maximum absolute atomic E-state index is 12.6. The Hall–Kier alpha value is -1.21. The van der Waals surface area contributed by atoms with E-state index in [-0.39, 0.29) is 28.4 Å². The minimum Gasteiger partial charge on any atom is -0.462 e. The van der Waals surface area contributed by atoms with E-state index in [1.165, 1.54) is 10.4 Å². The molecule has 2 aliphatic rings. The van der Waals surface area contributed by atoms with Crippen molar-refractivity contribution in [2.24, 2.45) is 11.3 Å². The van der Waals surface area contributed by atoms with E-state index in [0.717, 1.165) is 30.8 Å². The molecule has 2 fully saturated rings. The Morgan fingerprint density at radius 3 is 2.06 bits per heavy atom. The van der Waals surface area contributed by atoms with Gasteiger partial charge < -0.3 is 9.16 Å². The Bertz CT molecular complexity index is 949. The third-order valence-electron chi connectivity index (χ3n) is 8.07. The predicted molar refractivity (Wildman–Crippen MR) is 158 cm³/mol. The van der Waals surface area contributed by atoms with Gasteiger partial charge in [-0.05, 0) is 46.2 Å². The monoisotopic (exact) mass is 542 g/mol. The highest BCUT2D eigenvalue weighted by molar-refractivity contribution is 8.17. The van der Waals surface area contributed by atoms with Crippen molar-refractivity contribution in [1.29, 1.82) is 0 Å². The first-order valence-corrected chi connectivity index (χ1v) is 17.5. The van der Waals surface area contributed by atoms with Gasteiger partial charge in [0.2, 0.25) is 0 Å². The van der Waals surface area contributed by atoms with E-state index >= 15 is 0 Å². The van der Waals surface area contributed by atoms with Crippen LogP contribution >= 0.6 is 23.5 Å². The molecule has 0 radical (unpaired) electrons. The Morgan fingerprint density at radius 2 is 1.56 bits per heavy atom. The minimum absolute atomic E-state index is 0.0246. The lowest BCUT2D eigenvalue weighted by Crippen LogP contribution is -2.68. The molecule has 3 atom stereocenters. The summed E-state index contributed by atoms with van der Waals surface area (Å²) in [6.45, 7) is 12.2. The van der Waals surface area contributed by atoms with E-state index in [2.05, 4.69) is 95.3 Å². The smallest absolute Gasteiger partial charge is 0.306 e. The number of benzene rings is 2. The lowest BCUT2D eigenvalue weighted by atomic mass is 9.66. The molecule has 2 aromatic rings. The topological polar surface area (TPSA) is 35.5 Å². The van der Waals surface area contributed by atoms with E-state index in [4.69, 9.17) is 9.16 Å². The summed E-state index contributed by atoms with van der Waals surface area (Å²) in [6, 6.07) is 21.8. The molecule has 6 heteroatoms. The van der Waals surface area contributed by atoms with Crippen LogP contribution in [0, 0.1) is 11.3 Å². The zero-order chi connectivity index (χ0) is 25.8. The van der Waals surface area contributed by atoms with Crippen LogP contribution in [0.5, 0.6) is 0 Å². The number of fused-ring (bicyclic) bond motifs is 1. The fourth-order valence-electron chi connectivity index (χ4n) is 6.49. The molecular formula is C30H42O3S2Si. The molecule has 1 saturated heterocycles. The summed E-state index contributed by atoms with van der Waals surface area (Å²) in [5.41, 5.74) is -0.0938. The van der Waals surface area contributed by atoms with Gasteiger partial charge in [0.25, 0.3) is 8.32 Å². The molecule has 0 N–H and O–H groups in total. The summed E-state index contributed by atoms with van der Waals surface area (Å²) in [6.07, 6.45) is 3.72. The summed E-state index contributed by atoms with van der Waals surface area (Å²) in [7, 11) is -2.68. The Kier molecular flexibility index (Phi) is 9.02. The van der Waals surface area contributed by atoms with Gasteiger partial charge in [0.15, 0.2) is 0 Å². The molecule has 1 saturated carbocycles. The van der Waals surface area contributed by atoms with Crippen molar-refractivity contribution in [1.82, 2.24) is 0 Å². The van der Waals surface area contributed by atoms with Gasteiger partial charge in [-0.2, -0.15) is 0 Å². The molecule has 0 aromatic heterocycles.